The highest BCUT2D eigenvalue weighted by atomic mass is 16.5. The zero-order valence-corrected chi connectivity index (χ0v) is 13.6. The molecule has 5 nitrogen and oxygen atoms in total. The van der Waals surface area contributed by atoms with Crippen molar-refractivity contribution in [1.82, 2.24) is 9.97 Å². The van der Waals surface area contributed by atoms with E-state index in [2.05, 4.69) is 15.3 Å². The number of amides is 1. The van der Waals surface area contributed by atoms with Crippen LogP contribution in [0, 0.1) is 19.3 Å². The highest BCUT2D eigenvalue weighted by Gasteiger charge is 2.23. The van der Waals surface area contributed by atoms with Crippen LogP contribution in [0.15, 0.2) is 30.3 Å². The molecule has 0 bridgehead atoms. The topological polar surface area (TPSA) is 64.1 Å². The lowest BCUT2D eigenvalue weighted by Crippen LogP contribution is -2.28. The first-order valence-electron chi connectivity index (χ1n) is 7.17. The molecular weight excluding hydrogens is 278 g/mol. The van der Waals surface area contributed by atoms with E-state index in [0.29, 0.717) is 22.8 Å². The van der Waals surface area contributed by atoms with Crippen LogP contribution in [-0.2, 0) is 4.79 Å². The van der Waals surface area contributed by atoms with Gasteiger partial charge >= 0.3 is 6.01 Å². The van der Waals surface area contributed by atoms with E-state index in [1.807, 2.05) is 65.0 Å². The van der Waals surface area contributed by atoms with Gasteiger partial charge in [-0.15, -0.1) is 0 Å². The first kappa shape index (κ1) is 15.9. The van der Waals surface area contributed by atoms with Gasteiger partial charge in [0, 0.05) is 5.41 Å². The van der Waals surface area contributed by atoms with Gasteiger partial charge in [0.15, 0.2) is 0 Å². The van der Waals surface area contributed by atoms with E-state index in [4.69, 9.17) is 4.74 Å². The zero-order valence-electron chi connectivity index (χ0n) is 13.6. The van der Waals surface area contributed by atoms with Crippen molar-refractivity contribution in [1.29, 1.82) is 0 Å². The Hall–Kier alpha value is -2.43. The summed E-state index contributed by atoms with van der Waals surface area (Å²) in [6, 6.07) is 9.62. The Morgan fingerprint density at radius 1 is 1.05 bits per heavy atom. The van der Waals surface area contributed by atoms with Gasteiger partial charge in [-0.05, 0) is 26.0 Å². The molecule has 0 atom stereocenters. The third-order valence-corrected chi connectivity index (χ3v) is 3.12. The van der Waals surface area contributed by atoms with Gasteiger partial charge < -0.3 is 10.1 Å². The molecule has 0 saturated heterocycles. The van der Waals surface area contributed by atoms with Crippen LogP contribution in [0.1, 0.15) is 32.2 Å². The maximum atomic E-state index is 12.1. The van der Waals surface area contributed by atoms with Gasteiger partial charge in [-0.1, -0.05) is 39.0 Å². The highest BCUT2D eigenvalue weighted by Crippen LogP contribution is 2.25. The number of carbonyl (C=O) groups excluding carboxylic acids is 1. The lowest BCUT2D eigenvalue weighted by Gasteiger charge is -2.19. The fraction of sp³-hybridized carbons (Fsp3) is 0.353. The summed E-state index contributed by atoms with van der Waals surface area (Å²) in [5.74, 6) is 0.604. The largest absolute Gasteiger partial charge is 0.424 e. The van der Waals surface area contributed by atoms with E-state index in [-0.39, 0.29) is 11.9 Å². The summed E-state index contributed by atoms with van der Waals surface area (Å²) >= 11 is 0. The normalized spacial score (nSPS) is 11.1. The van der Waals surface area contributed by atoms with Gasteiger partial charge in [-0.2, -0.15) is 9.97 Å². The molecule has 116 valence electrons. The molecule has 0 unspecified atom stereocenters. The van der Waals surface area contributed by atoms with Gasteiger partial charge in [0.25, 0.3) is 0 Å². The molecular formula is C17H21N3O2. The third kappa shape index (κ3) is 3.81. The number of rotatable bonds is 3. The van der Waals surface area contributed by atoms with E-state index in [9.17, 15) is 4.79 Å². The average Bonchev–Trinajstić information content (AvgIpc) is 2.42. The summed E-state index contributed by atoms with van der Waals surface area (Å²) in [4.78, 5) is 20.7. The summed E-state index contributed by atoms with van der Waals surface area (Å²) in [7, 11) is 0. The molecule has 2 rings (SSSR count). The van der Waals surface area contributed by atoms with Crippen molar-refractivity contribution in [3.63, 3.8) is 0 Å². The fourth-order valence-electron chi connectivity index (χ4n) is 1.81. The van der Waals surface area contributed by atoms with Crippen LogP contribution in [0.3, 0.4) is 0 Å². The molecule has 0 fully saturated rings. The monoisotopic (exact) mass is 299 g/mol. The number of hydrogen-bond acceptors (Lipinski definition) is 4. The molecule has 1 aromatic carbocycles. The van der Waals surface area contributed by atoms with Gasteiger partial charge in [-0.25, -0.2) is 0 Å². The molecule has 1 N–H and O–H groups in total. The van der Waals surface area contributed by atoms with Gasteiger partial charge in [-0.3, -0.25) is 4.79 Å². The Bertz CT molecular complexity index is 653. The minimum atomic E-state index is -0.474. The first-order chi connectivity index (χ1) is 10.3. The molecule has 22 heavy (non-hydrogen) atoms. The minimum Gasteiger partial charge on any atom is -0.424 e. The number of nitrogens with one attached hydrogen (secondary N) is 1. The molecule has 0 spiro atoms. The Labute approximate surface area is 130 Å². The van der Waals surface area contributed by atoms with Crippen LogP contribution in [0.25, 0.3) is 0 Å². The predicted molar refractivity (Wildman–Crippen MR) is 86.1 cm³/mol. The number of benzene rings is 1. The van der Waals surface area contributed by atoms with Crippen LogP contribution in [-0.4, -0.2) is 15.9 Å². The maximum Gasteiger partial charge on any atom is 0.322 e. The summed E-state index contributed by atoms with van der Waals surface area (Å²) in [5, 5.41) is 2.89. The molecule has 0 radical (unpaired) electrons. The van der Waals surface area contributed by atoms with Crippen molar-refractivity contribution >= 4 is 11.6 Å². The fourth-order valence-corrected chi connectivity index (χ4v) is 1.81. The van der Waals surface area contributed by atoms with E-state index < -0.39 is 5.41 Å². The van der Waals surface area contributed by atoms with Gasteiger partial charge in [0.1, 0.15) is 5.75 Å². The highest BCUT2D eigenvalue weighted by molar-refractivity contribution is 5.95. The van der Waals surface area contributed by atoms with Crippen LogP contribution >= 0.6 is 0 Å². The molecule has 5 heteroatoms. The minimum absolute atomic E-state index is 0.0703. The number of aromatic nitrogens is 2. The van der Waals surface area contributed by atoms with Crippen LogP contribution in [0.4, 0.5) is 5.69 Å². The van der Waals surface area contributed by atoms with Crippen molar-refractivity contribution in [2.75, 3.05) is 5.32 Å². The Morgan fingerprint density at radius 3 is 2.09 bits per heavy atom. The Morgan fingerprint density at radius 2 is 1.59 bits per heavy atom. The number of anilines is 1. The number of ether oxygens (including phenoxy) is 1. The van der Waals surface area contributed by atoms with Gasteiger partial charge in [0.05, 0.1) is 17.1 Å². The summed E-state index contributed by atoms with van der Waals surface area (Å²) in [5.41, 5.74) is 1.52. The second kappa shape index (κ2) is 6.13. The molecule has 1 aromatic heterocycles. The summed E-state index contributed by atoms with van der Waals surface area (Å²) in [6.45, 7) is 9.23. The SMILES string of the molecule is Cc1nc(Oc2ccccc2)nc(C)c1NC(=O)C(C)(C)C. The Kier molecular flexibility index (Phi) is 4.45. The van der Waals surface area contributed by atoms with E-state index in [1.54, 1.807) is 0 Å². The van der Waals surface area contributed by atoms with Crippen molar-refractivity contribution < 1.29 is 9.53 Å². The number of aryl methyl sites for hydroxylation is 2. The quantitative estimate of drug-likeness (QED) is 0.934. The van der Waals surface area contributed by atoms with Crippen molar-refractivity contribution in [2.24, 2.45) is 5.41 Å². The maximum absolute atomic E-state index is 12.1. The van der Waals surface area contributed by atoms with Crippen molar-refractivity contribution in [3.05, 3.63) is 41.7 Å². The lowest BCUT2D eigenvalue weighted by atomic mass is 9.95. The average molecular weight is 299 g/mol. The first-order valence-corrected chi connectivity index (χ1v) is 7.17. The number of hydrogen-bond donors (Lipinski definition) is 1. The van der Waals surface area contributed by atoms with E-state index in [0.717, 1.165) is 0 Å². The van der Waals surface area contributed by atoms with Crippen LogP contribution < -0.4 is 10.1 Å². The van der Waals surface area contributed by atoms with Gasteiger partial charge in [0.2, 0.25) is 5.91 Å². The second-order valence-electron chi connectivity index (χ2n) is 6.17. The van der Waals surface area contributed by atoms with Crippen molar-refractivity contribution in [3.8, 4) is 11.8 Å². The lowest BCUT2D eigenvalue weighted by molar-refractivity contribution is -0.123. The molecule has 0 aliphatic rings. The summed E-state index contributed by atoms with van der Waals surface area (Å²) in [6.07, 6.45) is 0. The number of carbonyl (C=O) groups is 1. The van der Waals surface area contributed by atoms with Crippen LogP contribution in [0.2, 0.25) is 0 Å². The van der Waals surface area contributed by atoms with E-state index >= 15 is 0 Å². The predicted octanol–water partition coefficient (Wildman–Crippen LogP) is 3.87. The molecule has 0 aliphatic carbocycles. The van der Waals surface area contributed by atoms with Crippen molar-refractivity contribution in [2.45, 2.75) is 34.6 Å². The molecule has 0 saturated carbocycles. The number of para-hydroxylation sites is 1. The molecule has 1 amide bonds. The van der Waals surface area contributed by atoms with Crippen LogP contribution in [0.5, 0.6) is 11.8 Å². The van der Waals surface area contributed by atoms with E-state index in [1.165, 1.54) is 0 Å². The number of nitrogens with zero attached hydrogens (tertiary/aromatic N) is 2. The summed E-state index contributed by atoms with van der Waals surface area (Å²) < 4.78 is 5.63. The standard InChI is InChI=1S/C17H21N3O2/c1-11-14(20-15(21)17(3,4)5)12(2)19-16(18-11)22-13-9-7-6-8-10-13/h6-10H,1-5H3,(H,20,21). The molecule has 2 aromatic rings. The Balaban J connectivity index is 2.24. The molecule has 0 aliphatic heterocycles. The smallest absolute Gasteiger partial charge is 0.322 e. The second-order valence-corrected chi connectivity index (χ2v) is 6.17. The third-order valence-electron chi connectivity index (χ3n) is 3.12. The zero-order chi connectivity index (χ0) is 16.3. The molecule has 1 heterocycles.